The van der Waals surface area contributed by atoms with Crippen LogP contribution in [0.3, 0.4) is 0 Å². The molecule has 0 spiro atoms. The Kier molecular flexibility index (Phi) is 4.14. The number of benzene rings is 1. The number of hydrogen-bond acceptors (Lipinski definition) is 4. The molecule has 0 aliphatic carbocycles. The van der Waals surface area contributed by atoms with Crippen LogP contribution in [0.25, 0.3) is 0 Å². The lowest BCUT2D eigenvalue weighted by Gasteiger charge is -2.11. The van der Waals surface area contributed by atoms with Gasteiger partial charge in [-0.15, -0.1) is 0 Å². The third-order valence-electron chi connectivity index (χ3n) is 2.91. The Morgan fingerprint density at radius 2 is 2.25 bits per heavy atom. The zero-order valence-corrected chi connectivity index (χ0v) is 11.0. The van der Waals surface area contributed by atoms with Crippen molar-refractivity contribution in [2.45, 2.75) is 13.5 Å². The summed E-state index contributed by atoms with van der Waals surface area (Å²) in [5.74, 6) is -0.362. The summed E-state index contributed by atoms with van der Waals surface area (Å²) in [6.07, 6.45) is 1.56. The van der Waals surface area contributed by atoms with Gasteiger partial charge in [0.2, 0.25) is 0 Å². The van der Waals surface area contributed by atoms with Crippen molar-refractivity contribution in [3.63, 3.8) is 0 Å². The smallest absolute Gasteiger partial charge is 0.189 e. The Balaban J connectivity index is 2.21. The molecule has 5 nitrogen and oxygen atoms in total. The van der Waals surface area contributed by atoms with E-state index in [1.807, 2.05) is 13.0 Å². The highest BCUT2D eigenvalue weighted by atomic mass is 19.1. The van der Waals surface area contributed by atoms with Gasteiger partial charge in [0, 0.05) is 24.0 Å². The predicted octanol–water partition coefficient (Wildman–Crippen LogP) is 2.24. The van der Waals surface area contributed by atoms with Crippen molar-refractivity contribution in [2.24, 2.45) is 10.9 Å². The van der Waals surface area contributed by atoms with Gasteiger partial charge < -0.3 is 16.3 Å². The average Bonchev–Trinajstić information content (AvgIpc) is 2.47. The highest BCUT2D eigenvalue weighted by Gasteiger charge is 2.08. The third-order valence-corrected chi connectivity index (χ3v) is 2.91. The van der Waals surface area contributed by atoms with Crippen molar-refractivity contribution >= 4 is 11.5 Å². The number of nitrogens with two attached hydrogens (primary N) is 1. The standard InChI is InChI=1S/C14H15FN4O/c1-9-4-5-11(15)7-12(9)18-8-10-3-2-6-17-13(10)14(16)19-20/h2-7,18,20H,8H2,1H3,(H2,16,19). The largest absolute Gasteiger partial charge is 0.409 e. The lowest BCUT2D eigenvalue weighted by atomic mass is 10.1. The maximum absolute atomic E-state index is 13.2. The van der Waals surface area contributed by atoms with Crippen molar-refractivity contribution in [2.75, 3.05) is 5.32 Å². The number of aryl methyl sites for hydroxylation is 1. The summed E-state index contributed by atoms with van der Waals surface area (Å²) in [7, 11) is 0. The molecule has 0 amide bonds. The topological polar surface area (TPSA) is 83.5 Å². The zero-order valence-electron chi connectivity index (χ0n) is 11.0. The van der Waals surface area contributed by atoms with Crippen molar-refractivity contribution in [3.8, 4) is 0 Å². The molecule has 1 aromatic carbocycles. The minimum Gasteiger partial charge on any atom is -0.409 e. The number of oxime groups is 1. The minimum absolute atomic E-state index is 0.0571. The van der Waals surface area contributed by atoms with Gasteiger partial charge in [0.15, 0.2) is 5.84 Å². The van der Waals surface area contributed by atoms with Gasteiger partial charge in [-0.05, 0) is 30.7 Å². The van der Waals surface area contributed by atoms with Gasteiger partial charge in [-0.1, -0.05) is 17.3 Å². The second-order valence-electron chi connectivity index (χ2n) is 4.31. The second-order valence-corrected chi connectivity index (χ2v) is 4.31. The number of pyridine rings is 1. The molecule has 0 aliphatic heterocycles. The molecule has 20 heavy (non-hydrogen) atoms. The molecular formula is C14H15FN4O. The van der Waals surface area contributed by atoms with Gasteiger partial charge >= 0.3 is 0 Å². The van der Waals surface area contributed by atoms with E-state index in [0.717, 1.165) is 11.1 Å². The maximum atomic E-state index is 13.2. The summed E-state index contributed by atoms with van der Waals surface area (Å²) in [6, 6.07) is 8.10. The van der Waals surface area contributed by atoms with E-state index in [2.05, 4.69) is 15.5 Å². The van der Waals surface area contributed by atoms with E-state index in [1.54, 1.807) is 18.3 Å². The van der Waals surface area contributed by atoms with Gasteiger partial charge in [0.25, 0.3) is 0 Å². The molecule has 0 atom stereocenters. The number of aromatic nitrogens is 1. The van der Waals surface area contributed by atoms with Crippen LogP contribution in [-0.4, -0.2) is 16.0 Å². The highest BCUT2D eigenvalue weighted by Crippen LogP contribution is 2.17. The molecule has 0 fully saturated rings. The van der Waals surface area contributed by atoms with Crippen LogP contribution in [0, 0.1) is 12.7 Å². The van der Waals surface area contributed by atoms with Gasteiger partial charge in [-0.2, -0.15) is 0 Å². The Labute approximate surface area is 116 Å². The molecule has 1 heterocycles. The molecule has 2 aromatic rings. The quantitative estimate of drug-likeness (QED) is 0.345. The van der Waals surface area contributed by atoms with Gasteiger partial charge in [-0.25, -0.2) is 4.39 Å². The SMILES string of the molecule is Cc1ccc(F)cc1NCc1cccnc1C(N)=NO. The number of nitrogens with zero attached hydrogens (tertiary/aromatic N) is 2. The average molecular weight is 274 g/mol. The van der Waals surface area contributed by atoms with Crippen LogP contribution < -0.4 is 11.1 Å². The molecule has 0 saturated heterocycles. The number of amidine groups is 1. The summed E-state index contributed by atoms with van der Waals surface area (Å²) in [5, 5.41) is 14.8. The van der Waals surface area contributed by atoms with E-state index < -0.39 is 0 Å². The van der Waals surface area contributed by atoms with Crippen molar-refractivity contribution in [1.29, 1.82) is 0 Å². The second kappa shape index (κ2) is 6.01. The molecular weight excluding hydrogens is 259 g/mol. The summed E-state index contributed by atoms with van der Waals surface area (Å²) < 4.78 is 13.2. The first kappa shape index (κ1) is 13.8. The summed E-state index contributed by atoms with van der Waals surface area (Å²) in [6.45, 7) is 2.28. The fraction of sp³-hybridized carbons (Fsp3) is 0.143. The van der Waals surface area contributed by atoms with E-state index in [0.29, 0.717) is 17.9 Å². The van der Waals surface area contributed by atoms with E-state index in [1.165, 1.54) is 12.1 Å². The number of rotatable bonds is 4. The van der Waals surface area contributed by atoms with Crippen molar-refractivity contribution < 1.29 is 9.60 Å². The molecule has 0 radical (unpaired) electrons. The predicted molar refractivity (Wildman–Crippen MR) is 75.2 cm³/mol. The molecule has 0 aliphatic rings. The summed E-state index contributed by atoms with van der Waals surface area (Å²) >= 11 is 0. The van der Waals surface area contributed by atoms with E-state index in [-0.39, 0.29) is 11.7 Å². The highest BCUT2D eigenvalue weighted by molar-refractivity contribution is 5.96. The van der Waals surface area contributed by atoms with Crippen molar-refractivity contribution in [3.05, 3.63) is 59.2 Å². The Hall–Kier alpha value is -2.63. The van der Waals surface area contributed by atoms with Crippen LogP contribution in [0.2, 0.25) is 0 Å². The Morgan fingerprint density at radius 1 is 1.45 bits per heavy atom. The van der Waals surface area contributed by atoms with Crippen molar-refractivity contribution in [1.82, 2.24) is 4.98 Å². The number of hydrogen-bond donors (Lipinski definition) is 3. The van der Waals surface area contributed by atoms with E-state index in [9.17, 15) is 4.39 Å². The molecule has 1 aromatic heterocycles. The summed E-state index contributed by atoms with van der Waals surface area (Å²) in [4.78, 5) is 4.07. The van der Waals surface area contributed by atoms with Gasteiger partial charge in [0.1, 0.15) is 11.5 Å². The third kappa shape index (κ3) is 3.03. The van der Waals surface area contributed by atoms with Crippen LogP contribution in [0.5, 0.6) is 0 Å². The van der Waals surface area contributed by atoms with E-state index in [4.69, 9.17) is 10.9 Å². The number of halogens is 1. The molecule has 104 valence electrons. The normalized spacial score (nSPS) is 11.4. The molecule has 0 unspecified atom stereocenters. The van der Waals surface area contributed by atoms with Crippen LogP contribution in [0.4, 0.5) is 10.1 Å². The fourth-order valence-corrected chi connectivity index (χ4v) is 1.83. The molecule has 6 heteroatoms. The first-order valence-electron chi connectivity index (χ1n) is 6.03. The van der Waals surface area contributed by atoms with Gasteiger partial charge in [0.05, 0.1) is 0 Å². The van der Waals surface area contributed by atoms with Crippen LogP contribution in [0.15, 0.2) is 41.7 Å². The van der Waals surface area contributed by atoms with Crippen LogP contribution in [0.1, 0.15) is 16.8 Å². The van der Waals surface area contributed by atoms with Crippen LogP contribution >= 0.6 is 0 Å². The van der Waals surface area contributed by atoms with Crippen LogP contribution in [-0.2, 0) is 6.54 Å². The molecule has 0 saturated carbocycles. The lowest BCUT2D eigenvalue weighted by Crippen LogP contribution is -2.18. The number of nitrogens with one attached hydrogen (secondary N) is 1. The van der Waals surface area contributed by atoms with E-state index >= 15 is 0 Å². The molecule has 2 rings (SSSR count). The Morgan fingerprint density at radius 3 is 3.00 bits per heavy atom. The minimum atomic E-state index is -0.305. The molecule has 4 N–H and O–H groups in total. The first-order chi connectivity index (χ1) is 9.61. The fourth-order valence-electron chi connectivity index (χ4n) is 1.83. The first-order valence-corrected chi connectivity index (χ1v) is 6.03. The summed E-state index contributed by atoms with van der Waals surface area (Å²) in [5.41, 5.74) is 8.35. The lowest BCUT2D eigenvalue weighted by molar-refractivity contribution is 0.318. The monoisotopic (exact) mass is 274 g/mol. The number of anilines is 1. The molecule has 0 bridgehead atoms. The van der Waals surface area contributed by atoms with Gasteiger partial charge in [-0.3, -0.25) is 4.98 Å². The Bertz CT molecular complexity index is 643. The zero-order chi connectivity index (χ0) is 14.5. The maximum Gasteiger partial charge on any atom is 0.189 e.